The highest BCUT2D eigenvalue weighted by atomic mass is 16.5. The maximum absolute atomic E-state index is 5.21. The summed E-state index contributed by atoms with van der Waals surface area (Å²) in [7, 11) is 1.70. The van der Waals surface area contributed by atoms with Crippen molar-refractivity contribution in [1.82, 2.24) is 0 Å². The zero-order valence-corrected chi connectivity index (χ0v) is 8.87. The summed E-state index contributed by atoms with van der Waals surface area (Å²) >= 11 is 0. The van der Waals surface area contributed by atoms with Crippen LogP contribution >= 0.6 is 0 Å². The van der Waals surface area contributed by atoms with E-state index in [4.69, 9.17) is 4.74 Å². The Labute approximate surface area is 84.6 Å². The summed E-state index contributed by atoms with van der Waals surface area (Å²) in [5, 5.41) is 0. The molecule has 0 spiro atoms. The van der Waals surface area contributed by atoms with E-state index in [-0.39, 0.29) is 0 Å². The second-order valence-electron chi connectivity index (χ2n) is 3.79. The van der Waals surface area contributed by atoms with Crippen LogP contribution in [0.25, 0.3) is 0 Å². The molecule has 0 saturated carbocycles. The number of methoxy groups -OCH3 is 1. The highest BCUT2D eigenvalue weighted by Gasteiger charge is 2.15. The third kappa shape index (κ3) is 1.52. The number of hydrogen-bond donors (Lipinski definition) is 0. The molecule has 14 heavy (non-hydrogen) atoms. The van der Waals surface area contributed by atoms with Crippen LogP contribution in [0.15, 0.2) is 23.2 Å². The van der Waals surface area contributed by atoms with Gasteiger partial charge in [-0.25, -0.2) is 0 Å². The topological polar surface area (TPSA) is 21.6 Å². The predicted molar refractivity (Wildman–Crippen MR) is 58.4 cm³/mol. The van der Waals surface area contributed by atoms with Crippen LogP contribution in [-0.4, -0.2) is 18.9 Å². The zero-order chi connectivity index (χ0) is 10.1. The third-order valence-corrected chi connectivity index (χ3v) is 2.63. The van der Waals surface area contributed by atoms with Crippen molar-refractivity contribution in [2.45, 2.75) is 26.3 Å². The van der Waals surface area contributed by atoms with Crippen molar-refractivity contribution in [2.75, 3.05) is 7.11 Å². The minimum atomic E-state index is 0.398. The third-order valence-electron chi connectivity index (χ3n) is 2.63. The fourth-order valence-corrected chi connectivity index (χ4v) is 1.98. The molecule has 0 saturated heterocycles. The molecule has 1 aromatic rings. The fraction of sp³-hybridized carbons (Fsp3) is 0.417. The first kappa shape index (κ1) is 9.25. The van der Waals surface area contributed by atoms with Crippen molar-refractivity contribution in [3.8, 4) is 5.75 Å². The lowest BCUT2D eigenvalue weighted by Crippen LogP contribution is -2.16. The first-order valence-electron chi connectivity index (χ1n) is 4.92. The van der Waals surface area contributed by atoms with E-state index < -0.39 is 0 Å². The maximum atomic E-state index is 5.21. The highest BCUT2D eigenvalue weighted by molar-refractivity contribution is 6.01. The molecule has 0 fully saturated rings. The van der Waals surface area contributed by atoms with Gasteiger partial charge in [-0.2, -0.15) is 0 Å². The van der Waals surface area contributed by atoms with Crippen LogP contribution in [0.2, 0.25) is 0 Å². The van der Waals surface area contributed by atoms with E-state index in [1.54, 1.807) is 7.11 Å². The van der Waals surface area contributed by atoms with Crippen LogP contribution in [0.3, 0.4) is 0 Å². The minimum absolute atomic E-state index is 0.398. The van der Waals surface area contributed by atoms with Gasteiger partial charge in [-0.15, -0.1) is 0 Å². The second kappa shape index (κ2) is 3.45. The summed E-state index contributed by atoms with van der Waals surface area (Å²) in [6.45, 7) is 4.22. The molecule has 2 nitrogen and oxygen atoms in total. The average Bonchev–Trinajstić information content (AvgIpc) is 2.16. The molecule has 1 atom stereocenters. The molecule has 1 aliphatic rings. The number of aliphatic imine (C=N–C) groups is 1. The van der Waals surface area contributed by atoms with Crippen molar-refractivity contribution >= 4 is 5.71 Å². The molecule has 0 aliphatic carbocycles. The van der Waals surface area contributed by atoms with E-state index in [2.05, 4.69) is 31.0 Å². The molecule has 0 bridgehead atoms. The SMILES string of the molecule is COc1ccc2c(c1)C[C@H](C)N=C2C. The van der Waals surface area contributed by atoms with E-state index in [9.17, 15) is 0 Å². The summed E-state index contributed by atoms with van der Waals surface area (Å²) in [6, 6.07) is 6.60. The van der Waals surface area contributed by atoms with E-state index in [1.807, 2.05) is 6.07 Å². The summed E-state index contributed by atoms with van der Waals surface area (Å²) in [6.07, 6.45) is 1.02. The Bertz CT molecular complexity index is 382. The van der Waals surface area contributed by atoms with Crippen molar-refractivity contribution < 1.29 is 4.74 Å². The minimum Gasteiger partial charge on any atom is -0.497 e. The van der Waals surface area contributed by atoms with Crippen LogP contribution < -0.4 is 4.74 Å². The number of benzene rings is 1. The Morgan fingerprint density at radius 1 is 1.43 bits per heavy atom. The van der Waals surface area contributed by atoms with Gasteiger partial charge in [-0.3, -0.25) is 4.99 Å². The fourth-order valence-electron chi connectivity index (χ4n) is 1.98. The summed E-state index contributed by atoms with van der Waals surface area (Å²) in [5.41, 5.74) is 3.76. The molecule has 1 aromatic carbocycles. The Kier molecular flexibility index (Phi) is 2.28. The molecule has 0 radical (unpaired) electrons. The van der Waals surface area contributed by atoms with Gasteiger partial charge in [0.1, 0.15) is 5.75 Å². The lowest BCUT2D eigenvalue weighted by Gasteiger charge is -2.19. The predicted octanol–water partition coefficient (Wildman–Crippen LogP) is 2.45. The molecule has 2 rings (SSSR count). The van der Waals surface area contributed by atoms with Crippen molar-refractivity contribution in [3.63, 3.8) is 0 Å². The first-order chi connectivity index (χ1) is 6.70. The van der Waals surface area contributed by atoms with Crippen LogP contribution in [0.1, 0.15) is 25.0 Å². The second-order valence-corrected chi connectivity index (χ2v) is 3.79. The van der Waals surface area contributed by atoms with E-state index >= 15 is 0 Å². The van der Waals surface area contributed by atoms with Crippen LogP contribution in [0.5, 0.6) is 5.75 Å². The van der Waals surface area contributed by atoms with Crippen LogP contribution in [0.4, 0.5) is 0 Å². The molecule has 0 amide bonds. The lowest BCUT2D eigenvalue weighted by atomic mass is 9.95. The summed E-state index contributed by atoms with van der Waals surface area (Å²) in [4.78, 5) is 4.56. The maximum Gasteiger partial charge on any atom is 0.119 e. The molecule has 74 valence electrons. The Morgan fingerprint density at radius 2 is 2.21 bits per heavy atom. The van der Waals surface area contributed by atoms with Gasteiger partial charge in [-0.05, 0) is 49.6 Å². The number of nitrogens with zero attached hydrogens (tertiary/aromatic N) is 1. The van der Waals surface area contributed by atoms with Gasteiger partial charge in [0, 0.05) is 5.71 Å². The molecule has 0 aromatic heterocycles. The molecule has 2 heteroatoms. The number of fused-ring (bicyclic) bond motifs is 1. The van der Waals surface area contributed by atoms with Crippen LogP contribution in [-0.2, 0) is 6.42 Å². The highest BCUT2D eigenvalue weighted by Crippen LogP contribution is 2.24. The van der Waals surface area contributed by atoms with Crippen molar-refractivity contribution in [1.29, 1.82) is 0 Å². The summed E-state index contributed by atoms with van der Waals surface area (Å²) in [5.74, 6) is 0.936. The Morgan fingerprint density at radius 3 is 2.93 bits per heavy atom. The summed E-state index contributed by atoms with van der Waals surface area (Å²) < 4.78 is 5.21. The number of hydrogen-bond acceptors (Lipinski definition) is 2. The van der Waals surface area contributed by atoms with Gasteiger partial charge >= 0.3 is 0 Å². The molecular weight excluding hydrogens is 174 g/mol. The van der Waals surface area contributed by atoms with Crippen molar-refractivity contribution in [2.24, 2.45) is 4.99 Å². The standard InChI is InChI=1S/C12H15NO/c1-8-6-10-7-11(14-3)4-5-12(10)9(2)13-8/h4-5,7-8H,6H2,1-3H3/t8-/m0/s1. The average molecular weight is 189 g/mol. The zero-order valence-electron chi connectivity index (χ0n) is 8.87. The normalized spacial score (nSPS) is 19.9. The largest absolute Gasteiger partial charge is 0.497 e. The van der Waals surface area contributed by atoms with Gasteiger partial charge in [0.15, 0.2) is 0 Å². The monoisotopic (exact) mass is 189 g/mol. The molecular formula is C12H15NO. The van der Waals surface area contributed by atoms with Gasteiger partial charge in [0.25, 0.3) is 0 Å². The number of rotatable bonds is 1. The van der Waals surface area contributed by atoms with Crippen molar-refractivity contribution in [3.05, 3.63) is 29.3 Å². The van der Waals surface area contributed by atoms with E-state index in [1.165, 1.54) is 11.1 Å². The molecule has 1 heterocycles. The van der Waals surface area contributed by atoms with E-state index in [0.717, 1.165) is 17.9 Å². The Hall–Kier alpha value is -1.31. The van der Waals surface area contributed by atoms with Gasteiger partial charge < -0.3 is 4.74 Å². The Balaban J connectivity index is 2.47. The van der Waals surface area contributed by atoms with Crippen LogP contribution in [0, 0.1) is 0 Å². The van der Waals surface area contributed by atoms with Gasteiger partial charge in [0.2, 0.25) is 0 Å². The smallest absolute Gasteiger partial charge is 0.119 e. The molecule has 0 N–H and O–H groups in total. The number of ether oxygens (including phenoxy) is 1. The van der Waals surface area contributed by atoms with E-state index in [0.29, 0.717) is 6.04 Å². The lowest BCUT2D eigenvalue weighted by molar-refractivity contribution is 0.414. The van der Waals surface area contributed by atoms with Gasteiger partial charge in [-0.1, -0.05) is 0 Å². The molecule has 0 unspecified atom stereocenters. The molecule has 1 aliphatic heterocycles. The quantitative estimate of drug-likeness (QED) is 0.665. The van der Waals surface area contributed by atoms with Gasteiger partial charge in [0.05, 0.1) is 13.2 Å². The first-order valence-corrected chi connectivity index (χ1v) is 4.92.